The van der Waals surface area contributed by atoms with Crippen LogP contribution in [0.1, 0.15) is 35.4 Å². The maximum absolute atomic E-state index is 5.63. The predicted octanol–water partition coefficient (Wildman–Crippen LogP) is 3.07. The number of rotatable bonds is 5. The molecule has 7 heteroatoms. The lowest BCUT2D eigenvalue weighted by molar-refractivity contribution is 0.0514. The number of aryl methyl sites for hydroxylation is 2. The molecular weight excluding hydrogens is 465 g/mol. The molecule has 0 spiro atoms. The van der Waals surface area contributed by atoms with Crippen molar-refractivity contribution in [1.29, 1.82) is 0 Å². The zero-order valence-corrected chi connectivity index (χ0v) is 19.6. The third-order valence-corrected chi connectivity index (χ3v) is 5.75. The summed E-state index contributed by atoms with van der Waals surface area (Å²) in [6, 6.07) is 10.8. The predicted molar refractivity (Wildman–Crippen MR) is 124 cm³/mol. The van der Waals surface area contributed by atoms with Crippen molar-refractivity contribution in [3.63, 3.8) is 0 Å². The lowest BCUT2D eigenvalue weighted by Crippen LogP contribution is -2.48. The number of aromatic nitrogens is 2. The minimum absolute atomic E-state index is 0. The zero-order valence-electron chi connectivity index (χ0n) is 17.3. The second kappa shape index (κ2) is 10.2. The molecule has 0 aliphatic carbocycles. The second-order valence-corrected chi connectivity index (χ2v) is 7.31. The van der Waals surface area contributed by atoms with Crippen LogP contribution in [0.25, 0.3) is 0 Å². The van der Waals surface area contributed by atoms with Gasteiger partial charge in [-0.15, -0.1) is 24.0 Å². The molecule has 2 heterocycles. The molecule has 6 nitrogen and oxygen atoms in total. The average molecular weight is 497 g/mol. The van der Waals surface area contributed by atoms with Crippen molar-refractivity contribution in [2.45, 2.75) is 38.6 Å². The minimum atomic E-state index is 0. The number of nitrogens with one attached hydrogen (secondary N) is 2. The van der Waals surface area contributed by atoms with Crippen LogP contribution in [0.15, 0.2) is 35.3 Å². The summed E-state index contributed by atoms with van der Waals surface area (Å²) in [4.78, 5) is 4.41. The molecule has 154 valence electrons. The molecule has 0 radical (unpaired) electrons. The number of guanidine groups is 1. The maximum Gasteiger partial charge on any atom is 0.191 e. The molecule has 0 bridgehead atoms. The normalized spacial score (nSPS) is 16.4. The Morgan fingerprint density at radius 1 is 1.18 bits per heavy atom. The van der Waals surface area contributed by atoms with Crippen LogP contribution in [0, 0.1) is 13.8 Å². The summed E-state index contributed by atoms with van der Waals surface area (Å²) in [5.74, 6) is 0.819. The number of ether oxygens (including phenoxy) is 1. The van der Waals surface area contributed by atoms with Crippen LogP contribution in [0.2, 0.25) is 0 Å². The van der Waals surface area contributed by atoms with Gasteiger partial charge in [0.15, 0.2) is 5.96 Å². The molecule has 0 amide bonds. The van der Waals surface area contributed by atoms with E-state index in [1.807, 2.05) is 25.7 Å². The highest BCUT2D eigenvalue weighted by molar-refractivity contribution is 14.0. The van der Waals surface area contributed by atoms with E-state index in [1.165, 1.54) is 16.8 Å². The molecule has 3 rings (SSSR count). The van der Waals surface area contributed by atoms with Gasteiger partial charge in [0, 0.05) is 57.1 Å². The van der Waals surface area contributed by atoms with E-state index in [2.05, 4.69) is 58.0 Å². The lowest BCUT2D eigenvalue weighted by atomic mass is 9.74. The highest BCUT2D eigenvalue weighted by Gasteiger charge is 2.34. The molecule has 1 aromatic heterocycles. The Balaban J connectivity index is 0.00000280. The van der Waals surface area contributed by atoms with Crippen molar-refractivity contribution < 1.29 is 4.74 Å². The SMILES string of the molecule is CN=C(NCc1c(C)nn(C)c1C)NCC1(c2ccccc2)CCOCC1.I. The zero-order chi connectivity index (χ0) is 19.3. The number of halogens is 1. The van der Waals surface area contributed by atoms with E-state index in [4.69, 9.17) is 4.74 Å². The van der Waals surface area contributed by atoms with Crippen molar-refractivity contribution in [1.82, 2.24) is 20.4 Å². The van der Waals surface area contributed by atoms with Gasteiger partial charge in [-0.25, -0.2) is 0 Å². The monoisotopic (exact) mass is 497 g/mol. The first kappa shape index (κ1) is 22.7. The fraction of sp³-hybridized carbons (Fsp3) is 0.524. The Hall–Kier alpha value is -1.61. The molecule has 28 heavy (non-hydrogen) atoms. The third kappa shape index (κ3) is 5.05. The molecule has 1 fully saturated rings. The molecule has 0 saturated carbocycles. The van der Waals surface area contributed by atoms with Crippen molar-refractivity contribution in [3.8, 4) is 0 Å². The van der Waals surface area contributed by atoms with Gasteiger partial charge in [-0.3, -0.25) is 9.67 Å². The highest BCUT2D eigenvalue weighted by Crippen LogP contribution is 2.34. The van der Waals surface area contributed by atoms with E-state index in [9.17, 15) is 0 Å². The fourth-order valence-corrected chi connectivity index (χ4v) is 3.84. The Bertz CT molecular complexity index is 782. The largest absolute Gasteiger partial charge is 0.381 e. The van der Waals surface area contributed by atoms with Gasteiger partial charge in [0.1, 0.15) is 0 Å². The van der Waals surface area contributed by atoms with Gasteiger partial charge < -0.3 is 15.4 Å². The van der Waals surface area contributed by atoms with Crippen LogP contribution in [0.4, 0.5) is 0 Å². The highest BCUT2D eigenvalue weighted by atomic mass is 127. The second-order valence-electron chi connectivity index (χ2n) is 7.31. The van der Waals surface area contributed by atoms with Crippen LogP contribution >= 0.6 is 24.0 Å². The van der Waals surface area contributed by atoms with E-state index in [0.29, 0.717) is 6.54 Å². The van der Waals surface area contributed by atoms with Gasteiger partial charge in [0.25, 0.3) is 0 Å². The summed E-state index contributed by atoms with van der Waals surface area (Å²) in [5, 5.41) is 11.5. The molecule has 2 aromatic rings. The van der Waals surface area contributed by atoms with E-state index in [-0.39, 0.29) is 29.4 Å². The van der Waals surface area contributed by atoms with Crippen molar-refractivity contribution in [2.24, 2.45) is 12.0 Å². The van der Waals surface area contributed by atoms with Crippen LogP contribution < -0.4 is 10.6 Å². The molecule has 1 aliphatic heterocycles. The number of aliphatic imine (C=N–C) groups is 1. The Kier molecular flexibility index (Phi) is 8.30. The van der Waals surface area contributed by atoms with Crippen LogP contribution in [0.5, 0.6) is 0 Å². The smallest absolute Gasteiger partial charge is 0.191 e. The number of benzene rings is 1. The quantitative estimate of drug-likeness (QED) is 0.379. The summed E-state index contributed by atoms with van der Waals surface area (Å²) < 4.78 is 7.56. The standard InChI is InChI=1S/C21H31N5O.HI/c1-16-19(17(2)26(4)25-16)14-23-20(22-3)24-15-21(10-12-27-13-11-21)18-8-6-5-7-9-18;/h5-9H,10-15H2,1-4H3,(H2,22,23,24);1H. The van der Waals surface area contributed by atoms with E-state index >= 15 is 0 Å². The van der Waals surface area contributed by atoms with Crippen LogP contribution in [0.3, 0.4) is 0 Å². The van der Waals surface area contributed by atoms with Gasteiger partial charge in [-0.05, 0) is 32.3 Å². The number of hydrogen-bond acceptors (Lipinski definition) is 3. The van der Waals surface area contributed by atoms with Crippen molar-refractivity contribution in [2.75, 3.05) is 26.8 Å². The average Bonchev–Trinajstić information content (AvgIpc) is 2.95. The minimum Gasteiger partial charge on any atom is -0.381 e. The molecule has 1 saturated heterocycles. The van der Waals surface area contributed by atoms with Gasteiger partial charge in [-0.2, -0.15) is 5.10 Å². The van der Waals surface area contributed by atoms with Crippen LogP contribution in [-0.2, 0) is 23.7 Å². The Morgan fingerprint density at radius 3 is 2.43 bits per heavy atom. The van der Waals surface area contributed by atoms with Gasteiger partial charge in [0.2, 0.25) is 0 Å². The summed E-state index contributed by atoms with van der Waals surface area (Å²) in [6.45, 7) is 7.30. The number of nitrogens with zero attached hydrogens (tertiary/aromatic N) is 3. The van der Waals surface area contributed by atoms with Gasteiger partial charge >= 0.3 is 0 Å². The lowest BCUT2D eigenvalue weighted by Gasteiger charge is -2.38. The van der Waals surface area contributed by atoms with Crippen molar-refractivity contribution >= 4 is 29.9 Å². The Labute approximate surface area is 185 Å². The third-order valence-electron chi connectivity index (χ3n) is 5.75. The first-order valence-corrected chi connectivity index (χ1v) is 9.62. The number of hydrogen-bond donors (Lipinski definition) is 2. The van der Waals surface area contributed by atoms with E-state index in [1.54, 1.807) is 0 Å². The molecular formula is C21H32IN5O. The Morgan fingerprint density at radius 2 is 1.86 bits per heavy atom. The first-order chi connectivity index (χ1) is 13.1. The molecule has 1 aromatic carbocycles. The molecule has 2 N–H and O–H groups in total. The van der Waals surface area contributed by atoms with E-state index in [0.717, 1.165) is 44.3 Å². The topological polar surface area (TPSA) is 63.5 Å². The molecule has 0 atom stereocenters. The maximum atomic E-state index is 5.63. The first-order valence-electron chi connectivity index (χ1n) is 9.62. The van der Waals surface area contributed by atoms with Gasteiger partial charge in [-0.1, -0.05) is 30.3 Å². The fourth-order valence-electron chi connectivity index (χ4n) is 3.84. The van der Waals surface area contributed by atoms with E-state index < -0.39 is 0 Å². The van der Waals surface area contributed by atoms with Crippen LogP contribution in [-0.4, -0.2) is 42.5 Å². The summed E-state index contributed by atoms with van der Waals surface area (Å²) in [7, 11) is 3.80. The van der Waals surface area contributed by atoms with Crippen molar-refractivity contribution in [3.05, 3.63) is 52.8 Å². The summed E-state index contributed by atoms with van der Waals surface area (Å²) >= 11 is 0. The summed E-state index contributed by atoms with van der Waals surface area (Å²) in [5.41, 5.74) is 4.92. The molecule has 0 unspecified atom stereocenters. The molecule has 1 aliphatic rings. The summed E-state index contributed by atoms with van der Waals surface area (Å²) in [6.07, 6.45) is 2.03. The van der Waals surface area contributed by atoms with Gasteiger partial charge in [0.05, 0.1) is 5.69 Å².